The van der Waals surface area contributed by atoms with E-state index in [0.717, 1.165) is 0 Å². The second-order valence-electron chi connectivity index (χ2n) is 6.64. The van der Waals surface area contributed by atoms with Crippen LogP contribution < -0.4 is 10.2 Å². The van der Waals surface area contributed by atoms with E-state index in [1.165, 1.54) is 12.1 Å². The zero-order valence-electron chi connectivity index (χ0n) is 15.9. The summed E-state index contributed by atoms with van der Waals surface area (Å²) in [6, 6.07) is 2.51. The zero-order chi connectivity index (χ0) is 21.1. The molecule has 1 amide bonds. The Bertz CT molecular complexity index is 920. The van der Waals surface area contributed by atoms with Crippen LogP contribution in [0.3, 0.4) is 0 Å². The van der Waals surface area contributed by atoms with Crippen LogP contribution in [0.15, 0.2) is 12.1 Å². The molecule has 9 nitrogen and oxygen atoms in total. The highest BCUT2D eigenvalue weighted by Crippen LogP contribution is 2.24. The molecular formula is C18H21Cl2N5O4. The van der Waals surface area contributed by atoms with Crippen LogP contribution in [0.5, 0.6) is 0 Å². The number of nitrogens with one attached hydrogen (secondary N) is 2. The van der Waals surface area contributed by atoms with Crippen molar-refractivity contribution < 1.29 is 19.4 Å². The molecule has 3 rings (SSSR count). The zero-order valence-corrected chi connectivity index (χ0v) is 17.4. The lowest BCUT2D eigenvalue weighted by molar-refractivity contribution is 0.0536. The molecule has 2 atom stereocenters. The van der Waals surface area contributed by atoms with Crippen molar-refractivity contribution >= 4 is 40.9 Å². The van der Waals surface area contributed by atoms with E-state index < -0.39 is 5.97 Å². The number of H-pyrrole nitrogens is 1. The maximum Gasteiger partial charge on any atom is 0.335 e. The maximum absolute atomic E-state index is 12.5. The van der Waals surface area contributed by atoms with Gasteiger partial charge in [-0.25, -0.2) is 14.8 Å². The lowest BCUT2D eigenvalue weighted by Crippen LogP contribution is -2.55. The van der Waals surface area contributed by atoms with Gasteiger partial charge in [0.05, 0.1) is 23.4 Å². The molecule has 156 valence electrons. The minimum Gasteiger partial charge on any atom is -0.478 e. The molecule has 1 saturated heterocycles. The second kappa shape index (κ2) is 8.98. The molecule has 0 aliphatic carbocycles. The smallest absolute Gasteiger partial charge is 0.335 e. The van der Waals surface area contributed by atoms with Crippen molar-refractivity contribution in [2.75, 3.05) is 25.1 Å². The van der Waals surface area contributed by atoms with E-state index in [0.29, 0.717) is 37.4 Å². The highest BCUT2D eigenvalue weighted by atomic mass is 35.5. The number of imidazole rings is 1. The van der Waals surface area contributed by atoms with E-state index in [2.05, 4.69) is 20.3 Å². The number of ether oxygens (including phenoxy) is 1. The van der Waals surface area contributed by atoms with E-state index >= 15 is 0 Å². The molecule has 3 heterocycles. The lowest BCUT2D eigenvalue weighted by Gasteiger charge is -2.38. The maximum atomic E-state index is 12.5. The second-order valence-corrected chi connectivity index (χ2v) is 7.38. The normalized spacial score (nSPS) is 19.2. The third-order valence-electron chi connectivity index (χ3n) is 4.83. The number of rotatable bonds is 6. The highest BCUT2D eigenvalue weighted by Gasteiger charge is 2.32. The monoisotopic (exact) mass is 441 g/mol. The molecule has 0 radical (unpaired) electrons. The summed E-state index contributed by atoms with van der Waals surface area (Å²) in [4.78, 5) is 36.9. The number of methoxy groups -OCH3 is 1. The number of carboxylic acids is 1. The van der Waals surface area contributed by atoms with Crippen molar-refractivity contribution in [2.24, 2.45) is 0 Å². The molecular weight excluding hydrogens is 421 g/mol. The standard InChI is InChI=1S/C18H21Cl2N5O4/c1-3-10-15(20)24-16(21-10)17(26)22-11-4-5-25(8-12(11)29-2)14-7-9(18(27)28)6-13(19)23-14/h6-7,11-12H,3-5,8H2,1-2H3,(H,21,24)(H,22,26)(H,27,28)/t11-,12+/m1/s1. The van der Waals surface area contributed by atoms with E-state index in [-0.39, 0.29) is 39.7 Å². The fourth-order valence-corrected chi connectivity index (χ4v) is 3.73. The van der Waals surface area contributed by atoms with Gasteiger partial charge in [-0.1, -0.05) is 30.1 Å². The molecule has 1 aliphatic heterocycles. The molecule has 2 aromatic heterocycles. The van der Waals surface area contributed by atoms with Gasteiger partial charge in [0, 0.05) is 20.2 Å². The van der Waals surface area contributed by atoms with Crippen molar-refractivity contribution in [1.82, 2.24) is 20.3 Å². The minimum absolute atomic E-state index is 0.0609. The molecule has 3 N–H and O–H groups in total. The number of halogens is 2. The molecule has 0 saturated carbocycles. The van der Waals surface area contributed by atoms with Crippen LogP contribution in [-0.2, 0) is 11.2 Å². The molecule has 1 fully saturated rings. The number of amides is 1. The number of aryl methyl sites for hydroxylation is 1. The SMILES string of the molecule is CCc1[nH]c(C(=O)N[C@@H]2CCN(c3cc(C(=O)O)cc(Cl)n3)C[C@@H]2OC)nc1Cl. The average molecular weight is 442 g/mol. The number of aromatic carboxylic acids is 1. The Hall–Kier alpha value is -2.36. The fraction of sp³-hybridized carbons (Fsp3) is 0.444. The van der Waals surface area contributed by atoms with Gasteiger partial charge in [-0.2, -0.15) is 0 Å². The van der Waals surface area contributed by atoms with Crippen LogP contribution in [-0.4, -0.2) is 64.3 Å². The number of piperidine rings is 1. The Labute approximate surface area is 177 Å². The van der Waals surface area contributed by atoms with Crippen LogP contribution in [0, 0.1) is 0 Å². The molecule has 29 heavy (non-hydrogen) atoms. The summed E-state index contributed by atoms with van der Waals surface area (Å²) < 4.78 is 5.56. The van der Waals surface area contributed by atoms with Crippen molar-refractivity contribution in [3.63, 3.8) is 0 Å². The number of anilines is 1. The third kappa shape index (κ3) is 4.80. The minimum atomic E-state index is -1.08. The summed E-state index contributed by atoms with van der Waals surface area (Å²) >= 11 is 12.0. The van der Waals surface area contributed by atoms with Crippen LogP contribution in [0.1, 0.15) is 40.0 Å². The molecule has 0 aromatic carbocycles. The van der Waals surface area contributed by atoms with Crippen LogP contribution >= 0.6 is 23.2 Å². The fourth-order valence-electron chi connectivity index (χ4n) is 3.26. The summed E-state index contributed by atoms with van der Waals surface area (Å²) in [6.07, 6.45) is 0.872. The molecule has 1 aliphatic rings. The van der Waals surface area contributed by atoms with Crippen molar-refractivity contribution in [3.05, 3.63) is 39.5 Å². The van der Waals surface area contributed by atoms with E-state index in [1.807, 2.05) is 11.8 Å². The number of carboxylic acid groups (broad SMARTS) is 1. The van der Waals surface area contributed by atoms with Gasteiger partial charge in [-0.05, 0) is 25.0 Å². The quantitative estimate of drug-likeness (QED) is 0.588. The first kappa shape index (κ1) is 21.4. The van der Waals surface area contributed by atoms with Gasteiger partial charge in [-0.15, -0.1) is 0 Å². The number of aromatic nitrogens is 3. The molecule has 0 spiro atoms. The lowest BCUT2D eigenvalue weighted by atomic mass is 10.0. The number of hydrogen-bond acceptors (Lipinski definition) is 6. The Morgan fingerprint density at radius 3 is 2.76 bits per heavy atom. The Kier molecular flexibility index (Phi) is 6.61. The summed E-state index contributed by atoms with van der Waals surface area (Å²) in [5, 5.41) is 12.5. The highest BCUT2D eigenvalue weighted by molar-refractivity contribution is 6.30. The third-order valence-corrected chi connectivity index (χ3v) is 5.33. The first-order valence-corrected chi connectivity index (χ1v) is 9.81. The largest absolute Gasteiger partial charge is 0.478 e. The van der Waals surface area contributed by atoms with Gasteiger partial charge in [0.25, 0.3) is 5.91 Å². The average Bonchev–Trinajstić information content (AvgIpc) is 3.08. The first-order valence-electron chi connectivity index (χ1n) is 9.06. The number of carbonyl (C=O) groups excluding carboxylic acids is 1. The van der Waals surface area contributed by atoms with Crippen molar-refractivity contribution in [1.29, 1.82) is 0 Å². The molecule has 0 unspecified atom stereocenters. The van der Waals surface area contributed by atoms with Gasteiger partial charge >= 0.3 is 5.97 Å². The number of carbonyl (C=O) groups is 2. The number of nitrogens with zero attached hydrogens (tertiary/aromatic N) is 3. The Morgan fingerprint density at radius 2 is 2.14 bits per heavy atom. The van der Waals surface area contributed by atoms with Gasteiger partial charge in [0.2, 0.25) is 0 Å². The molecule has 11 heteroatoms. The molecule has 2 aromatic rings. The predicted octanol–water partition coefficient (Wildman–Crippen LogP) is 2.40. The van der Waals surface area contributed by atoms with Crippen LogP contribution in [0.2, 0.25) is 10.3 Å². The first-order chi connectivity index (χ1) is 13.8. The Morgan fingerprint density at radius 1 is 1.38 bits per heavy atom. The van der Waals surface area contributed by atoms with Crippen LogP contribution in [0.4, 0.5) is 5.82 Å². The van der Waals surface area contributed by atoms with Gasteiger partial charge in [-0.3, -0.25) is 4.79 Å². The van der Waals surface area contributed by atoms with E-state index in [1.54, 1.807) is 7.11 Å². The van der Waals surface area contributed by atoms with Gasteiger partial charge in [0.15, 0.2) is 11.0 Å². The summed E-state index contributed by atoms with van der Waals surface area (Å²) in [5.74, 6) is -0.829. The summed E-state index contributed by atoms with van der Waals surface area (Å²) in [5.41, 5.74) is 0.766. The van der Waals surface area contributed by atoms with Crippen molar-refractivity contribution in [3.8, 4) is 0 Å². The Balaban J connectivity index is 1.71. The summed E-state index contributed by atoms with van der Waals surface area (Å²) in [6.45, 7) is 2.86. The number of pyridine rings is 1. The molecule has 0 bridgehead atoms. The topological polar surface area (TPSA) is 120 Å². The summed E-state index contributed by atoms with van der Waals surface area (Å²) in [7, 11) is 1.56. The van der Waals surface area contributed by atoms with Crippen molar-refractivity contribution in [2.45, 2.75) is 31.9 Å². The predicted molar refractivity (Wildman–Crippen MR) is 108 cm³/mol. The number of hydrogen-bond donors (Lipinski definition) is 3. The number of aromatic amines is 1. The van der Waals surface area contributed by atoms with E-state index in [4.69, 9.17) is 27.9 Å². The van der Waals surface area contributed by atoms with Gasteiger partial charge in [0.1, 0.15) is 11.0 Å². The van der Waals surface area contributed by atoms with Gasteiger partial charge < -0.3 is 25.0 Å². The van der Waals surface area contributed by atoms with Crippen LogP contribution in [0.25, 0.3) is 0 Å². The van der Waals surface area contributed by atoms with E-state index in [9.17, 15) is 14.7 Å².